The number of ether oxygens (including phenoxy) is 1. The molecule has 1 aliphatic rings. The zero-order valence-electron chi connectivity index (χ0n) is 12.5. The van der Waals surface area contributed by atoms with Crippen molar-refractivity contribution in [3.63, 3.8) is 0 Å². The van der Waals surface area contributed by atoms with E-state index >= 15 is 0 Å². The zero-order chi connectivity index (χ0) is 15.4. The Bertz CT molecular complexity index is 630. The third kappa shape index (κ3) is 3.47. The van der Waals surface area contributed by atoms with Crippen LogP contribution in [0.2, 0.25) is 5.02 Å². The SMILES string of the molecule is CCOc1ccc(Cl)cc1-c1ccc(N2CCSCC2)nn1. The van der Waals surface area contributed by atoms with Crippen LogP contribution in [0.25, 0.3) is 11.3 Å². The van der Waals surface area contributed by atoms with Crippen LogP contribution in [0.15, 0.2) is 30.3 Å². The molecule has 116 valence electrons. The van der Waals surface area contributed by atoms with Gasteiger partial charge in [0, 0.05) is 35.2 Å². The Labute approximate surface area is 139 Å². The van der Waals surface area contributed by atoms with E-state index in [2.05, 4.69) is 15.1 Å². The van der Waals surface area contributed by atoms with E-state index in [-0.39, 0.29) is 0 Å². The minimum atomic E-state index is 0.603. The first kappa shape index (κ1) is 15.4. The molecule has 0 saturated carbocycles. The van der Waals surface area contributed by atoms with E-state index in [1.165, 1.54) is 0 Å². The van der Waals surface area contributed by atoms with Gasteiger partial charge in [-0.05, 0) is 37.3 Å². The molecular weight excluding hydrogens is 318 g/mol. The van der Waals surface area contributed by atoms with Crippen molar-refractivity contribution in [1.82, 2.24) is 10.2 Å². The van der Waals surface area contributed by atoms with Crippen LogP contribution in [0, 0.1) is 0 Å². The van der Waals surface area contributed by atoms with Gasteiger partial charge in [-0.3, -0.25) is 0 Å². The summed E-state index contributed by atoms with van der Waals surface area (Å²) >= 11 is 8.09. The normalized spacial score (nSPS) is 14.9. The van der Waals surface area contributed by atoms with Crippen molar-refractivity contribution in [3.8, 4) is 17.0 Å². The predicted molar refractivity (Wildman–Crippen MR) is 93.2 cm³/mol. The molecular formula is C16H18ClN3OS. The highest BCUT2D eigenvalue weighted by atomic mass is 35.5. The number of anilines is 1. The molecule has 6 heteroatoms. The topological polar surface area (TPSA) is 38.2 Å². The maximum Gasteiger partial charge on any atom is 0.151 e. The Morgan fingerprint density at radius 1 is 1.18 bits per heavy atom. The second-order valence-corrected chi connectivity index (χ2v) is 6.61. The Hall–Kier alpha value is -1.46. The number of thioether (sulfide) groups is 1. The fourth-order valence-electron chi connectivity index (χ4n) is 2.41. The summed E-state index contributed by atoms with van der Waals surface area (Å²) in [6.07, 6.45) is 0. The summed E-state index contributed by atoms with van der Waals surface area (Å²) in [4.78, 5) is 2.27. The summed E-state index contributed by atoms with van der Waals surface area (Å²) in [7, 11) is 0. The van der Waals surface area contributed by atoms with E-state index < -0.39 is 0 Å². The van der Waals surface area contributed by atoms with Crippen molar-refractivity contribution in [1.29, 1.82) is 0 Å². The number of hydrogen-bond donors (Lipinski definition) is 0. The first-order valence-electron chi connectivity index (χ1n) is 7.37. The summed E-state index contributed by atoms with van der Waals surface area (Å²) in [5, 5.41) is 9.41. The quantitative estimate of drug-likeness (QED) is 0.850. The van der Waals surface area contributed by atoms with Crippen molar-refractivity contribution in [2.24, 2.45) is 0 Å². The van der Waals surface area contributed by atoms with Crippen LogP contribution in [0.4, 0.5) is 5.82 Å². The van der Waals surface area contributed by atoms with Gasteiger partial charge < -0.3 is 9.64 Å². The Kier molecular flexibility index (Phi) is 5.05. The molecule has 0 amide bonds. The van der Waals surface area contributed by atoms with Crippen LogP contribution in [0.3, 0.4) is 0 Å². The second-order valence-electron chi connectivity index (χ2n) is 4.95. The van der Waals surface area contributed by atoms with Crippen molar-refractivity contribution >= 4 is 29.2 Å². The van der Waals surface area contributed by atoms with Gasteiger partial charge >= 0.3 is 0 Å². The summed E-state index contributed by atoms with van der Waals surface area (Å²) in [6, 6.07) is 9.57. The third-order valence-corrected chi connectivity index (χ3v) is 4.68. The lowest BCUT2D eigenvalue weighted by Crippen LogP contribution is -2.33. The van der Waals surface area contributed by atoms with E-state index in [0.29, 0.717) is 11.6 Å². The monoisotopic (exact) mass is 335 g/mol. The van der Waals surface area contributed by atoms with Crippen LogP contribution in [0.1, 0.15) is 6.92 Å². The minimum absolute atomic E-state index is 0.603. The van der Waals surface area contributed by atoms with Crippen molar-refractivity contribution in [2.45, 2.75) is 6.92 Å². The van der Waals surface area contributed by atoms with Crippen LogP contribution >= 0.6 is 23.4 Å². The molecule has 2 aromatic rings. The highest BCUT2D eigenvalue weighted by Gasteiger charge is 2.14. The van der Waals surface area contributed by atoms with Gasteiger partial charge in [-0.1, -0.05) is 11.6 Å². The Morgan fingerprint density at radius 2 is 2.00 bits per heavy atom. The number of rotatable bonds is 4. The molecule has 22 heavy (non-hydrogen) atoms. The molecule has 1 saturated heterocycles. The average Bonchev–Trinajstić information content (AvgIpc) is 2.58. The first-order chi connectivity index (χ1) is 10.8. The maximum absolute atomic E-state index is 6.11. The number of nitrogens with zero attached hydrogens (tertiary/aromatic N) is 3. The second kappa shape index (κ2) is 7.20. The molecule has 1 aromatic carbocycles. The summed E-state index contributed by atoms with van der Waals surface area (Å²) < 4.78 is 5.65. The standard InChI is InChI=1S/C16H18ClN3OS/c1-2-21-15-5-3-12(17)11-13(15)14-4-6-16(19-18-14)20-7-9-22-10-8-20/h3-6,11H,2,7-10H2,1H3. The molecule has 4 nitrogen and oxygen atoms in total. The minimum Gasteiger partial charge on any atom is -0.493 e. The fraction of sp³-hybridized carbons (Fsp3) is 0.375. The molecule has 1 fully saturated rings. The molecule has 0 spiro atoms. The highest BCUT2D eigenvalue weighted by Crippen LogP contribution is 2.31. The lowest BCUT2D eigenvalue weighted by atomic mass is 10.1. The van der Waals surface area contributed by atoms with Gasteiger partial charge in [0.25, 0.3) is 0 Å². The van der Waals surface area contributed by atoms with Crippen LogP contribution in [0.5, 0.6) is 5.75 Å². The van der Waals surface area contributed by atoms with Gasteiger partial charge in [-0.25, -0.2) is 0 Å². The van der Waals surface area contributed by atoms with Crippen molar-refractivity contribution in [3.05, 3.63) is 35.4 Å². The fourth-order valence-corrected chi connectivity index (χ4v) is 3.49. The largest absolute Gasteiger partial charge is 0.493 e. The summed E-state index contributed by atoms with van der Waals surface area (Å²) in [5.41, 5.74) is 1.66. The highest BCUT2D eigenvalue weighted by molar-refractivity contribution is 7.99. The van der Waals surface area contributed by atoms with Gasteiger partial charge in [0.1, 0.15) is 5.75 Å². The maximum atomic E-state index is 6.11. The van der Waals surface area contributed by atoms with E-state index in [0.717, 1.165) is 47.4 Å². The summed E-state index contributed by atoms with van der Waals surface area (Å²) in [6.45, 7) is 4.62. The smallest absolute Gasteiger partial charge is 0.151 e. The third-order valence-electron chi connectivity index (χ3n) is 3.50. The molecule has 2 heterocycles. The number of benzene rings is 1. The summed E-state index contributed by atoms with van der Waals surface area (Å²) in [5.74, 6) is 4.01. The van der Waals surface area contributed by atoms with Crippen molar-refractivity contribution in [2.75, 3.05) is 36.1 Å². The Balaban J connectivity index is 1.87. The van der Waals surface area contributed by atoms with Crippen LogP contribution < -0.4 is 9.64 Å². The van der Waals surface area contributed by atoms with E-state index in [9.17, 15) is 0 Å². The average molecular weight is 336 g/mol. The molecule has 0 N–H and O–H groups in total. The molecule has 0 bridgehead atoms. The van der Waals surface area contributed by atoms with Gasteiger partial charge in [0.15, 0.2) is 5.82 Å². The predicted octanol–water partition coefficient (Wildman–Crippen LogP) is 3.75. The lowest BCUT2D eigenvalue weighted by molar-refractivity contribution is 0.341. The zero-order valence-corrected chi connectivity index (χ0v) is 14.0. The lowest BCUT2D eigenvalue weighted by Gasteiger charge is -2.26. The molecule has 0 radical (unpaired) electrons. The van der Waals surface area contributed by atoms with Crippen LogP contribution in [-0.2, 0) is 0 Å². The molecule has 1 aromatic heterocycles. The number of halogens is 1. The van der Waals surface area contributed by atoms with E-state index in [1.54, 1.807) is 0 Å². The molecule has 0 atom stereocenters. The van der Waals surface area contributed by atoms with Gasteiger partial charge in [0.2, 0.25) is 0 Å². The molecule has 3 rings (SSSR count). The Morgan fingerprint density at radius 3 is 2.68 bits per heavy atom. The van der Waals surface area contributed by atoms with E-state index in [1.807, 2.05) is 49.0 Å². The van der Waals surface area contributed by atoms with Gasteiger partial charge in [-0.15, -0.1) is 10.2 Å². The molecule has 0 aliphatic carbocycles. The molecule has 1 aliphatic heterocycles. The van der Waals surface area contributed by atoms with Gasteiger partial charge in [0.05, 0.1) is 12.3 Å². The number of aromatic nitrogens is 2. The van der Waals surface area contributed by atoms with E-state index in [4.69, 9.17) is 16.3 Å². The van der Waals surface area contributed by atoms with Crippen molar-refractivity contribution < 1.29 is 4.74 Å². The van der Waals surface area contributed by atoms with Gasteiger partial charge in [-0.2, -0.15) is 11.8 Å². The van der Waals surface area contributed by atoms with Crippen LogP contribution in [-0.4, -0.2) is 41.4 Å². The molecule has 0 unspecified atom stereocenters. The first-order valence-corrected chi connectivity index (χ1v) is 8.90. The number of hydrogen-bond acceptors (Lipinski definition) is 5.